The number of ether oxygens (including phenoxy) is 2. The molecule has 1 aliphatic heterocycles. The van der Waals surface area contributed by atoms with Crippen LogP contribution in [0.2, 0.25) is 10.0 Å². The van der Waals surface area contributed by atoms with E-state index in [1.165, 1.54) is 25.2 Å². The number of Topliss-reactive ketones (excluding diaryl/α,β-unsaturated/α-hetero) is 1. The van der Waals surface area contributed by atoms with Crippen LogP contribution < -0.4 is 14.4 Å². The minimum absolute atomic E-state index is 0.0486. The van der Waals surface area contributed by atoms with E-state index in [1.54, 1.807) is 30.3 Å². The lowest BCUT2D eigenvalue weighted by Crippen LogP contribution is -2.29. The van der Waals surface area contributed by atoms with Crippen molar-refractivity contribution in [2.24, 2.45) is 0 Å². The van der Waals surface area contributed by atoms with Gasteiger partial charge in [0.25, 0.3) is 11.7 Å². The second-order valence-electron chi connectivity index (χ2n) is 7.69. The van der Waals surface area contributed by atoms with Gasteiger partial charge in [0.15, 0.2) is 0 Å². The minimum Gasteiger partial charge on any atom is -0.507 e. The average molecular weight is 498 g/mol. The van der Waals surface area contributed by atoms with Gasteiger partial charge in [-0.25, -0.2) is 0 Å². The van der Waals surface area contributed by atoms with Crippen molar-refractivity contribution < 1.29 is 24.2 Å². The van der Waals surface area contributed by atoms with Gasteiger partial charge in [0, 0.05) is 11.3 Å². The quantitative estimate of drug-likeness (QED) is 0.268. The molecule has 1 heterocycles. The number of benzene rings is 3. The molecule has 1 aliphatic rings. The summed E-state index contributed by atoms with van der Waals surface area (Å²) < 4.78 is 10.4. The van der Waals surface area contributed by atoms with Crippen LogP contribution in [0, 0.1) is 6.92 Å². The van der Waals surface area contributed by atoms with E-state index in [0.29, 0.717) is 22.7 Å². The van der Waals surface area contributed by atoms with Crippen molar-refractivity contribution in [1.82, 2.24) is 0 Å². The number of hydrogen-bond donors (Lipinski definition) is 1. The van der Waals surface area contributed by atoms with Gasteiger partial charge in [-0.2, -0.15) is 0 Å². The Balaban J connectivity index is 1.96. The fraction of sp³-hybridized carbons (Fsp3) is 0.154. The van der Waals surface area contributed by atoms with E-state index in [-0.39, 0.29) is 26.9 Å². The Morgan fingerprint density at radius 3 is 2.12 bits per heavy atom. The van der Waals surface area contributed by atoms with E-state index in [4.69, 9.17) is 32.7 Å². The summed E-state index contributed by atoms with van der Waals surface area (Å²) in [4.78, 5) is 27.9. The molecule has 0 saturated carbocycles. The average Bonchev–Trinajstić information content (AvgIpc) is 3.09. The Kier molecular flexibility index (Phi) is 6.55. The number of ketones is 1. The van der Waals surface area contributed by atoms with E-state index in [0.717, 1.165) is 5.56 Å². The summed E-state index contributed by atoms with van der Waals surface area (Å²) in [6.07, 6.45) is 0. The number of aliphatic hydroxyl groups is 1. The molecule has 1 amide bonds. The Morgan fingerprint density at radius 1 is 0.912 bits per heavy atom. The highest BCUT2D eigenvalue weighted by Gasteiger charge is 2.47. The zero-order chi connectivity index (χ0) is 24.6. The summed E-state index contributed by atoms with van der Waals surface area (Å²) in [5.74, 6) is -1.08. The predicted octanol–water partition coefficient (Wildman–Crippen LogP) is 5.95. The van der Waals surface area contributed by atoms with Crippen LogP contribution in [0.3, 0.4) is 0 Å². The van der Waals surface area contributed by atoms with Crippen LogP contribution in [-0.2, 0) is 9.59 Å². The number of halogens is 2. The van der Waals surface area contributed by atoms with Gasteiger partial charge in [0.2, 0.25) is 0 Å². The van der Waals surface area contributed by atoms with Crippen molar-refractivity contribution in [3.05, 3.63) is 93.0 Å². The van der Waals surface area contributed by atoms with Gasteiger partial charge in [-0.1, -0.05) is 47.5 Å². The number of carbonyl (C=O) groups excluding carboxylic acids is 2. The minimum atomic E-state index is -0.883. The van der Waals surface area contributed by atoms with E-state index < -0.39 is 17.7 Å². The standard InChI is InChI=1S/C26H21Cl2NO5/c1-14-6-4-5-7-17(14)23-22(24(30)15-8-10-20(33-2)18(27)12-15)25(31)26(32)29(23)16-9-11-21(34-3)19(28)13-16/h4-13,23,30H,1-3H3/b24-22+. The molecule has 1 saturated heterocycles. The molecule has 4 rings (SSSR count). The van der Waals surface area contributed by atoms with E-state index in [1.807, 2.05) is 31.2 Å². The van der Waals surface area contributed by atoms with Crippen molar-refractivity contribution in [3.63, 3.8) is 0 Å². The summed E-state index contributed by atoms with van der Waals surface area (Å²) in [5.41, 5.74) is 2.17. The third kappa shape index (κ3) is 4.00. The number of methoxy groups -OCH3 is 2. The van der Waals surface area contributed by atoms with Gasteiger partial charge in [0.05, 0.1) is 35.9 Å². The molecule has 6 nitrogen and oxygen atoms in total. The molecule has 0 spiro atoms. The van der Waals surface area contributed by atoms with Gasteiger partial charge < -0.3 is 14.6 Å². The summed E-state index contributed by atoms with van der Waals surface area (Å²) in [6, 6.07) is 16.0. The molecule has 1 N–H and O–H groups in total. The van der Waals surface area contributed by atoms with Crippen molar-refractivity contribution in [3.8, 4) is 11.5 Å². The molecule has 34 heavy (non-hydrogen) atoms. The number of aliphatic hydroxyl groups excluding tert-OH is 1. The number of amides is 1. The van der Waals surface area contributed by atoms with E-state index >= 15 is 0 Å². The first-order valence-corrected chi connectivity index (χ1v) is 11.1. The smallest absolute Gasteiger partial charge is 0.300 e. The fourth-order valence-electron chi connectivity index (χ4n) is 4.06. The Morgan fingerprint density at radius 2 is 1.53 bits per heavy atom. The van der Waals surface area contributed by atoms with Crippen molar-refractivity contribution in [1.29, 1.82) is 0 Å². The van der Waals surface area contributed by atoms with Gasteiger partial charge in [0.1, 0.15) is 17.3 Å². The first-order chi connectivity index (χ1) is 16.3. The first-order valence-electron chi connectivity index (χ1n) is 10.3. The topological polar surface area (TPSA) is 76.1 Å². The van der Waals surface area contributed by atoms with Crippen molar-refractivity contribution >= 4 is 46.3 Å². The molecule has 1 atom stereocenters. The third-order valence-corrected chi connectivity index (χ3v) is 6.36. The molecule has 0 aromatic heterocycles. The van der Waals surface area contributed by atoms with Gasteiger partial charge >= 0.3 is 0 Å². The maximum absolute atomic E-state index is 13.3. The number of anilines is 1. The van der Waals surface area contributed by atoms with Gasteiger partial charge in [-0.15, -0.1) is 0 Å². The highest BCUT2D eigenvalue weighted by molar-refractivity contribution is 6.52. The lowest BCUT2D eigenvalue weighted by atomic mass is 9.92. The molecule has 8 heteroatoms. The number of rotatable bonds is 5. The van der Waals surface area contributed by atoms with Crippen LogP contribution in [-0.4, -0.2) is 31.0 Å². The highest BCUT2D eigenvalue weighted by Crippen LogP contribution is 2.44. The number of aryl methyl sites for hydroxylation is 1. The Labute approximate surface area is 206 Å². The second kappa shape index (κ2) is 9.41. The summed E-state index contributed by atoms with van der Waals surface area (Å²) in [7, 11) is 2.96. The molecule has 174 valence electrons. The summed E-state index contributed by atoms with van der Waals surface area (Å²) >= 11 is 12.6. The lowest BCUT2D eigenvalue weighted by Gasteiger charge is -2.27. The zero-order valence-electron chi connectivity index (χ0n) is 18.6. The van der Waals surface area contributed by atoms with Gasteiger partial charge in [-0.3, -0.25) is 14.5 Å². The summed E-state index contributed by atoms with van der Waals surface area (Å²) in [5, 5.41) is 11.8. The van der Waals surface area contributed by atoms with Crippen molar-refractivity contribution in [2.45, 2.75) is 13.0 Å². The lowest BCUT2D eigenvalue weighted by molar-refractivity contribution is -0.132. The predicted molar refractivity (Wildman–Crippen MR) is 132 cm³/mol. The van der Waals surface area contributed by atoms with Crippen LogP contribution in [0.25, 0.3) is 5.76 Å². The summed E-state index contributed by atoms with van der Waals surface area (Å²) in [6.45, 7) is 1.88. The number of nitrogens with zero attached hydrogens (tertiary/aromatic N) is 1. The third-order valence-electron chi connectivity index (χ3n) is 5.77. The van der Waals surface area contributed by atoms with Crippen LogP contribution >= 0.6 is 23.2 Å². The highest BCUT2D eigenvalue weighted by atomic mass is 35.5. The number of hydrogen-bond acceptors (Lipinski definition) is 5. The largest absolute Gasteiger partial charge is 0.507 e. The van der Waals surface area contributed by atoms with E-state index in [9.17, 15) is 14.7 Å². The molecule has 0 aliphatic carbocycles. The first kappa shape index (κ1) is 23.7. The van der Waals surface area contributed by atoms with E-state index in [2.05, 4.69) is 0 Å². The molecule has 1 unspecified atom stereocenters. The monoisotopic (exact) mass is 497 g/mol. The maximum Gasteiger partial charge on any atom is 0.300 e. The second-order valence-corrected chi connectivity index (χ2v) is 8.51. The van der Waals surface area contributed by atoms with Crippen molar-refractivity contribution in [2.75, 3.05) is 19.1 Å². The van der Waals surface area contributed by atoms with Crippen LogP contribution in [0.15, 0.2) is 66.2 Å². The molecule has 3 aromatic rings. The van der Waals surface area contributed by atoms with Gasteiger partial charge in [-0.05, 0) is 54.4 Å². The normalized spacial score (nSPS) is 17.2. The maximum atomic E-state index is 13.3. The SMILES string of the molecule is COc1ccc(/C(O)=C2\C(=O)C(=O)N(c3ccc(OC)c(Cl)c3)C2c2ccccc2C)cc1Cl. The molecule has 0 radical (unpaired) electrons. The fourth-order valence-corrected chi connectivity index (χ4v) is 4.57. The molecule has 1 fully saturated rings. The Hall–Kier alpha value is -3.48. The molecular weight excluding hydrogens is 477 g/mol. The Bertz CT molecular complexity index is 1330. The number of carbonyl (C=O) groups is 2. The molecule has 0 bridgehead atoms. The molecule has 3 aromatic carbocycles. The zero-order valence-corrected chi connectivity index (χ0v) is 20.1. The van der Waals surface area contributed by atoms with Crippen LogP contribution in [0.4, 0.5) is 5.69 Å². The van der Waals surface area contributed by atoms with Crippen LogP contribution in [0.5, 0.6) is 11.5 Å². The van der Waals surface area contributed by atoms with Crippen LogP contribution in [0.1, 0.15) is 22.7 Å². The molecular formula is C26H21Cl2NO5.